The van der Waals surface area contributed by atoms with Crippen LogP contribution in [0, 0.1) is 5.41 Å². The quantitative estimate of drug-likeness (QED) is 0.389. The summed E-state index contributed by atoms with van der Waals surface area (Å²) in [6.45, 7) is 11.4. The van der Waals surface area contributed by atoms with Crippen molar-refractivity contribution < 1.29 is 4.79 Å². The monoisotopic (exact) mass is 442 g/mol. The summed E-state index contributed by atoms with van der Waals surface area (Å²) >= 11 is 2.04. The van der Waals surface area contributed by atoms with Gasteiger partial charge in [-0.25, -0.2) is 0 Å². The van der Waals surface area contributed by atoms with E-state index in [1.807, 2.05) is 39.6 Å². The number of hydrogen-bond donors (Lipinski definition) is 2. The summed E-state index contributed by atoms with van der Waals surface area (Å²) in [6, 6.07) is 0. The second kappa shape index (κ2) is 10.6. The molecule has 1 aliphatic heterocycles. The van der Waals surface area contributed by atoms with Crippen LogP contribution in [0.5, 0.6) is 0 Å². The van der Waals surface area contributed by atoms with Crippen LogP contribution in [-0.2, 0) is 4.79 Å². The summed E-state index contributed by atoms with van der Waals surface area (Å²) < 4.78 is 0. The zero-order chi connectivity index (χ0) is 15.9. The summed E-state index contributed by atoms with van der Waals surface area (Å²) in [4.78, 5) is 18.7. The van der Waals surface area contributed by atoms with Crippen molar-refractivity contribution in [2.24, 2.45) is 10.4 Å². The van der Waals surface area contributed by atoms with Gasteiger partial charge in [0.05, 0.1) is 5.41 Å². The molecule has 0 radical (unpaired) electrons. The summed E-state index contributed by atoms with van der Waals surface area (Å²) in [5.74, 6) is 2.12. The third kappa shape index (κ3) is 6.52. The van der Waals surface area contributed by atoms with E-state index in [9.17, 15) is 4.79 Å². The average molecular weight is 442 g/mol. The number of nitrogens with one attached hydrogen (secondary N) is 2. The first-order valence-corrected chi connectivity index (χ1v) is 8.85. The zero-order valence-corrected chi connectivity index (χ0v) is 17.6. The van der Waals surface area contributed by atoms with Gasteiger partial charge in [-0.15, -0.1) is 24.0 Å². The molecule has 0 aromatic heterocycles. The van der Waals surface area contributed by atoms with Crippen LogP contribution in [0.1, 0.15) is 34.1 Å². The zero-order valence-electron chi connectivity index (χ0n) is 14.4. The maximum absolute atomic E-state index is 12.0. The highest BCUT2D eigenvalue weighted by Gasteiger charge is 2.28. The van der Waals surface area contributed by atoms with Gasteiger partial charge >= 0.3 is 0 Å². The number of hydrogen-bond acceptors (Lipinski definition) is 3. The maximum Gasteiger partial charge on any atom is 0.227 e. The van der Waals surface area contributed by atoms with Crippen molar-refractivity contribution in [1.29, 1.82) is 0 Å². The molecule has 22 heavy (non-hydrogen) atoms. The number of aliphatic imine (C=N–C) groups is 1. The third-order valence-corrected chi connectivity index (χ3v) is 5.12. The van der Waals surface area contributed by atoms with Crippen LogP contribution in [0.2, 0.25) is 0 Å². The van der Waals surface area contributed by atoms with Crippen molar-refractivity contribution >= 4 is 47.6 Å². The lowest BCUT2D eigenvalue weighted by Crippen LogP contribution is -2.52. The molecule has 1 aliphatic rings. The topological polar surface area (TPSA) is 56.7 Å². The molecule has 0 bridgehead atoms. The Morgan fingerprint density at radius 2 is 2.05 bits per heavy atom. The second-order valence-electron chi connectivity index (χ2n) is 5.99. The average Bonchev–Trinajstić information content (AvgIpc) is 2.48. The van der Waals surface area contributed by atoms with Crippen molar-refractivity contribution in [1.82, 2.24) is 15.5 Å². The van der Waals surface area contributed by atoms with Gasteiger partial charge < -0.3 is 15.5 Å². The number of amides is 1. The number of nitrogens with zero attached hydrogens (tertiary/aromatic N) is 2. The van der Waals surface area contributed by atoms with Crippen molar-refractivity contribution in [3.8, 4) is 0 Å². The van der Waals surface area contributed by atoms with E-state index < -0.39 is 5.41 Å². The second-order valence-corrected chi connectivity index (χ2v) is 7.40. The fraction of sp³-hybridized carbons (Fsp3) is 0.867. The number of guanidine groups is 1. The molecular weight excluding hydrogens is 411 g/mol. The number of carbonyl (C=O) groups is 1. The standard InChI is InChI=1S/C15H30N4OS.HI/c1-6-12-10-19(8-9-21-12)14(16-5)18-11-15(3,4)13(20)17-7-2;/h12H,6-11H2,1-5H3,(H,16,18)(H,17,20);1H. The van der Waals surface area contributed by atoms with Gasteiger partial charge in [-0.1, -0.05) is 6.92 Å². The molecule has 0 aliphatic carbocycles. The Kier molecular flexibility index (Phi) is 10.5. The van der Waals surface area contributed by atoms with Crippen molar-refractivity contribution in [3.05, 3.63) is 0 Å². The highest BCUT2D eigenvalue weighted by molar-refractivity contribution is 14.0. The fourth-order valence-corrected chi connectivity index (χ4v) is 3.45. The predicted molar refractivity (Wildman–Crippen MR) is 107 cm³/mol. The van der Waals surface area contributed by atoms with E-state index in [2.05, 4.69) is 27.4 Å². The minimum absolute atomic E-state index is 0. The van der Waals surface area contributed by atoms with E-state index in [0.29, 0.717) is 18.3 Å². The van der Waals surface area contributed by atoms with E-state index in [-0.39, 0.29) is 29.9 Å². The van der Waals surface area contributed by atoms with Crippen molar-refractivity contribution in [2.75, 3.05) is 39.0 Å². The SMILES string of the molecule is CCNC(=O)C(C)(C)CNC(=NC)N1CCSC(CC)C1.I. The van der Waals surface area contributed by atoms with Crippen LogP contribution in [-0.4, -0.2) is 61.0 Å². The van der Waals surface area contributed by atoms with Gasteiger partial charge in [-0.3, -0.25) is 9.79 Å². The molecule has 130 valence electrons. The molecule has 1 saturated heterocycles. The number of rotatable bonds is 5. The van der Waals surface area contributed by atoms with Crippen LogP contribution >= 0.6 is 35.7 Å². The van der Waals surface area contributed by atoms with Gasteiger partial charge in [-0.2, -0.15) is 11.8 Å². The van der Waals surface area contributed by atoms with E-state index in [1.54, 1.807) is 0 Å². The van der Waals surface area contributed by atoms with Crippen LogP contribution in [0.3, 0.4) is 0 Å². The minimum Gasteiger partial charge on any atom is -0.356 e. The Balaban J connectivity index is 0.00000441. The van der Waals surface area contributed by atoms with Crippen LogP contribution in [0.25, 0.3) is 0 Å². The first kappa shape index (κ1) is 21.8. The van der Waals surface area contributed by atoms with Gasteiger partial charge in [0.1, 0.15) is 0 Å². The van der Waals surface area contributed by atoms with E-state index in [1.165, 1.54) is 6.42 Å². The molecule has 2 N–H and O–H groups in total. The molecule has 1 atom stereocenters. The largest absolute Gasteiger partial charge is 0.356 e. The van der Waals surface area contributed by atoms with E-state index in [0.717, 1.165) is 24.8 Å². The number of thioether (sulfide) groups is 1. The first-order valence-electron chi connectivity index (χ1n) is 7.80. The maximum atomic E-state index is 12.0. The number of carbonyl (C=O) groups excluding carboxylic acids is 1. The number of halogens is 1. The van der Waals surface area contributed by atoms with Gasteiger partial charge in [0.25, 0.3) is 0 Å². The van der Waals surface area contributed by atoms with Gasteiger partial charge in [0, 0.05) is 44.2 Å². The predicted octanol–water partition coefficient (Wildman–Crippen LogP) is 2.17. The molecule has 0 aromatic carbocycles. The molecular formula is C15H31IN4OS. The van der Waals surface area contributed by atoms with Crippen molar-refractivity contribution in [2.45, 2.75) is 39.4 Å². The lowest BCUT2D eigenvalue weighted by molar-refractivity contribution is -0.128. The summed E-state index contributed by atoms with van der Waals surface area (Å²) in [5.41, 5.74) is -0.444. The molecule has 7 heteroatoms. The summed E-state index contributed by atoms with van der Waals surface area (Å²) in [5, 5.41) is 6.93. The van der Waals surface area contributed by atoms with E-state index >= 15 is 0 Å². The van der Waals surface area contributed by atoms with Gasteiger partial charge in [-0.05, 0) is 27.2 Å². The molecule has 0 spiro atoms. The highest BCUT2D eigenvalue weighted by Crippen LogP contribution is 2.21. The molecule has 1 amide bonds. The van der Waals surface area contributed by atoms with Crippen molar-refractivity contribution in [3.63, 3.8) is 0 Å². The first-order chi connectivity index (χ1) is 9.94. The smallest absolute Gasteiger partial charge is 0.227 e. The van der Waals surface area contributed by atoms with Gasteiger partial charge in [0.15, 0.2) is 5.96 Å². The Bertz CT molecular complexity index is 377. The Labute approximate surface area is 156 Å². The Hall–Kier alpha value is -0.180. The lowest BCUT2D eigenvalue weighted by Gasteiger charge is -2.35. The van der Waals surface area contributed by atoms with Crippen LogP contribution < -0.4 is 10.6 Å². The molecule has 1 unspecified atom stereocenters. The fourth-order valence-electron chi connectivity index (χ4n) is 2.27. The molecule has 1 rings (SSSR count). The molecule has 0 aromatic rings. The van der Waals surface area contributed by atoms with Crippen LogP contribution in [0.15, 0.2) is 4.99 Å². The Morgan fingerprint density at radius 3 is 2.59 bits per heavy atom. The molecule has 0 saturated carbocycles. The van der Waals surface area contributed by atoms with E-state index in [4.69, 9.17) is 0 Å². The van der Waals surface area contributed by atoms with Gasteiger partial charge in [0.2, 0.25) is 5.91 Å². The highest BCUT2D eigenvalue weighted by atomic mass is 127. The molecule has 5 nitrogen and oxygen atoms in total. The van der Waals surface area contributed by atoms with Crippen LogP contribution in [0.4, 0.5) is 0 Å². The minimum atomic E-state index is -0.444. The molecule has 1 heterocycles. The summed E-state index contributed by atoms with van der Waals surface area (Å²) in [7, 11) is 1.81. The summed E-state index contributed by atoms with van der Waals surface area (Å²) in [6.07, 6.45) is 1.18. The molecule has 1 fully saturated rings. The third-order valence-electron chi connectivity index (χ3n) is 3.75. The lowest BCUT2D eigenvalue weighted by atomic mass is 9.92. The normalized spacial score (nSPS) is 19.4. The Morgan fingerprint density at radius 1 is 1.36 bits per heavy atom.